The van der Waals surface area contributed by atoms with Crippen molar-refractivity contribution in [2.24, 2.45) is 0 Å². The second-order valence-corrected chi connectivity index (χ2v) is 2.11. The SMILES string of the molecule is C=CCOC(C=C)C(=C)C(=O)O. The van der Waals surface area contributed by atoms with E-state index < -0.39 is 12.1 Å². The summed E-state index contributed by atoms with van der Waals surface area (Å²) in [7, 11) is 0. The van der Waals surface area contributed by atoms with Crippen LogP contribution in [0.2, 0.25) is 0 Å². The van der Waals surface area contributed by atoms with Crippen LogP contribution in [0.15, 0.2) is 37.5 Å². The average molecular weight is 168 g/mol. The van der Waals surface area contributed by atoms with Crippen LogP contribution in [0.4, 0.5) is 0 Å². The Kier molecular flexibility index (Phi) is 4.72. The normalized spacial score (nSPS) is 11.7. The van der Waals surface area contributed by atoms with Gasteiger partial charge in [-0.15, -0.1) is 13.2 Å². The molecule has 0 heterocycles. The molecule has 12 heavy (non-hydrogen) atoms. The van der Waals surface area contributed by atoms with E-state index in [0.717, 1.165) is 0 Å². The predicted octanol–water partition coefficient (Wildman–Crippen LogP) is 1.38. The molecule has 0 radical (unpaired) electrons. The first kappa shape index (κ1) is 10.7. The van der Waals surface area contributed by atoms with Crippen LogP contribution in [0.5, 0.6) is 0 Å². The van der Waals surface area contributed by atoms with Gasteiger partial charge in [0, 0.05) is 0 Å². The van der Waals surface area contributed by atoms with Gasteiger partial charge in [0.1, 0.15) is 6.10 Å². The van der Waals surface area contributed by atoms with E-state index in [4.69, 9.17) is 9.84 Å². The Morgan fingerprint density at radius 2 is 2.17 bits per heavy atom. The Hall–Kier alpha value is -1.35. The van der Waals surface area contributed by atoms with E-state index in [1.54, 1.807) is 0 Å². The van der Waals surface area contributed by atoms with Crippen LogP contribution >= 0.6 is 0 Å². The highest BCUT2D eigenvalue weighted by Crippen LogP contribution is 2.05. The number of hydrogen-bond acceptors (Lipinski definition) is 2. The third-order valence-electron chi connectivity index (χ3n) is 1.23. The van der Waals surface area contributed by atoms with Gasteiger partial charge in [-0.2, -0.15) is 0 Å². The lowest BCUT2D eigenvalue weighted by atomic mass is 10.2. The predicted molar refractivity (Wildman–Crippen MR) is 46.9 cm³/mol. The summed E-state index contributed by atoms with van der Waals surface area (Å²) in [4.78, 5) is 10.4. The molecule has 0 spiro atoms. The minimum atomic E-state index is -1.08. The Morgan fingerprint density at radius 1 is 1.58 bits per heavy atom. The minimum Gasteiger partial charge on any atom is -0.478 e. The molecule has 0 aromatic carbocycles. The molecule has 0 aromatic rings. The molecule has 3 nitrogen and oxygen atoms in total. The quantitative estimate of drug-likeness (QED) is 0.481. The molecule has 0 amide bonds. The molecule has 1 N–H and O–H groups in total. The van der Waals surface area contributed by atoms with Crippen LogP contribution in [0.3, 0.4) is 0 Å². The van der Waals surface area contributed by atoms with E-state index in [9.17, 15) is 4.79 Å². The van der Waals surface area contributed by atoms with Gasteiger partial charge in [0.25, 0.3) is 0 Å². The molecule has 0 fully saturated rings. The van der Waals surface area contributed by atoms with Crippen LogP contribution in [-0.4, -0.2) is 23.8 Å². The first-order valence-electron chi connectivity index (χ1n) is 3.40. The fourth-order valence-electron chi connectivity index (χ4n) is 0.604. The summed E-state index contributed by atoms with van der Waals surface area (Å²) in [6.45, 7) is 10.5. The van der Waals surface area contributed by atoms with Crippen molar-refractivity contribution in [3.63, 3.8) is 0 Å². The standard InChI is InChI=1S/C9H12O3/c1-4-6-12-8(5-2)7(3)9(10)11/h4-5,8H,1-3,6H2,(H,10,11). The third-order valence-corrected chi connectivity index (χ3v) is 1.23. The number of carboxylic acids is 1. The lowest BCUT2D eigenvalue weighted by molar-refractivity contribution is -0.133. The van der Waals surface area contributed by atoms with Crippen LogP contribution in [-0.2, 0) is 9.53 Å². The van der Waals surface area contributed by atoms with Crippen molar-refractivity contribution in [3.8, 4) is 0 Å². The monoisotopic (exact) mass is 168 g/mol. The second-order valence-electron chi connectivity index (χ2n) is 2.11. The molecule has 0 aromatic heterocycles. The maximum Gasteiger partial charge on any atom is 0.333 e. The number of carboxylic acid groups (broad SMARTS) is 1. The lowest BCUT2D eigenvalue weighted by Gasteiger charge is -2.11. The van der Waals surface area contributed by atoms with Crippen molar-refractivity contribution in [1.29, 1.82) is 0 Å². The van der Waals surface area contributed by atoms with Crippen molar-refractivity contribution in [3.05, 3.63) is 37.5 Å². The van der Waals surface area contributed by atoms with Crippen LogP contribution in [0.1, 0.15) is 0 Å². The second kappa shape index (κ2) is 5.32. The molecule has 0 bridgehead atoms. The fourth-order valence-corrected chi connectivity index (χ4v) is 0.604. The Balaban J connectivity index is 4.14. The summed E-state index contributed by atoms with van der Waals surface area (Å²) in [5.41, 5.74) is -0.0214. The number of aliphatic carboxylic acids is 1. The van der Waals surface area contributed by atoms with E-state index in [-0.39, 0.29) is 12.2 Å². The third kappa shape index (κ3) is 3.16. The highest BCUT2D eigenvalue weighted by molar-refractivity contribution is 5.87. The molecule has 66 valence electrons. The topological polar surface area (TPSA) is 46.5 Å². The van der Waals surface area contributed by atoms with Gasteiger partial charge in [-0.05, 0) is 0 Å². The number of rotatable bonds is 6. The molecular weight excluding hydrogens is 156 g/mol. The van der Waals surface area contributed by atoms with Gasteiger partial charge < -0.3 is 9.84 Å². The maximum absolute atomic E-state index is 10.4. The zero-order valence-corrected chi connectivity index (χ0v) is 6.82. The van der Waals surface area contributed by atoms with Gasteiger partial charge in [0.05, 0.1) is 12.2 Å². The van der Waals surface area contributed by atoms with E-state index in [0.29, 0.717) is 0 Å². The van der Waals surface area contributed by atoms with Gasteiger partial charge >= 0.3 is 5.97 Å². The summed E-state index contributed by atoms with van der Waals surface area (Å²) < 4.78 is 5.05. The molecule has 0 saturated heterocycles. The number of hydrogen-bond donors (Lipinski definition) is 1. The summed E-state index contributed by atoms with van der Waals surface area (Å²) in [6, 6.07) is 0. The summed E-state index contributed by atoms with van der Waals surface area (Å²) >= 11 is 0. The zero-order chi connectivity index (χ0) is 9.56. The van der Waals surface area contributed by atoms with Crippen LogP contribution < -0.4 is 0 Å². The van der Waals surface area contributed by atoms with E-state index in [1.807, 2.05) is 0 Å². The van der Waals surface area contributed by atoms with Gasteiger partial charge in [0.15, 0.2) is 0 Å². The first-order chi connectivity index (χ1) is 5.63. The highest BCUT2D eigenvalue weighted by atomic mass is 16.5. The van der Waals surface area contributed by atoms with E-state index >= 15 is 0 Å². The van der Waals surface area contributed by atoms with Crippen molar-refractivity contribution >= 4 is 5.97 Å². The summed E-state index contributed by atoms with van der Waals surface area (Å²) in [6.07, 6.45) is 2.28. The van der Waals surface area contributed by atoms with Crippen molar-refractivity contribution in [2.75, 3.05) is 6.61 Å². The molecule has 3 heteroatoms. The van der Waals surface area contributed by atoms with Crippen molar-refractivity contribution in [1.82, 2.24) is 0 Å². The van der Waals surface area contributed by atoms with Crippen molar-refractivity contribution < 1.29 is 14.6 Å². The highest BCUT2D eigenvalue weighted by Gasteiger charge is 2.14. The summed E-state index contributed by atoms with van der Waals surface area (Å²) in [5.74, 6) is -1.08. The number of carbonyl (C=O) groups is 1. The van der Waals surface area contributed by atoms with Gasteiger partial charge in [-0.3, -0.25) is 0 Å². The Bertz CT molecular complexity index is 206. The van der Waals surface area contributed by atoms with Gasteiger partial charge in [-0.1, -0.05) is 18.7 Å². The Morgan fingerprint density at radius 3 is 2.50 bits per heavy atom. The maximum atomic E-state index is 10.4. The van der Waals surface area contributed by atoms with Gasteiger partial charge in [0.2, 0.25) is 0 Å². The largest absolute Gasteiger partial charge is 0.478 e. The molecule has 1 atom stereocenters. The molecule has 0 aliphatic rings. The van der Waals surface area contributed by atoms with Crippen LogP contribution in [0, 0.1) is 0 Å². The lowest BCUT2D eigenvalue weighted by Crippen LogP contribution is -2.18. The molecule has 0 rings (SSSR count). The molecule has 0 aliphatic carbocycles. The first-order valence-corrected chi connectivity index (χ1v) is 3.40. The van der Waals surface area contributed by atoms with E-state index in [2.05, 4.69) is 19.7 Å². The number of ether oxygens (including phenoxy) is 1. The molecule has 0 saturated carbocycles. The van der Waals surface area contributed by atoms with Crippen LogP contribution in [0.25, 0.3) is 0 Å². The minimum absolute atomic E-state index is 0.0214. The smallest absolute Gasteiger partial charge is 0.333 e. The van der Waals surface area contributed by atoms with Crippen molar-refractivity contribution in [2.45, 2.75) is 6.10 Å². The van der Waals surface area contributed by atoms with E-state index in [1.165, 1.54) is 12.2 Å². The average Bonchev–Trinajstić information content (AvgIpc) is 2.05. The molecule has 0 aliphatic heterocycles. The fraction of sp³-hybridized carbons (Fsp3) is 0.222. The summed E-state index contributed by atoms with van der Waals surface area (Å²) in [5, 5.41) is 8.53. The van der Waals surface area contributed by atoms with Gasteiger partial charge in [-0.25, -0.2) is 4.79 Å². The Labute approximate surface area is 71.7 Å². The molecular formula is C9H12O3. The molecule has 1 unspecified atom stereocenters. The zero-order valence-electron chi connectivity index (χ0n) is 6.82.